The Morgan fingerprint density at radius 1 is 1.25 bits per heavy atom. The highest BCUT2D eigenvalue weighted by Crippen LogP contribution is 2.49. The molecule has 1 aliphatic rings. The molecule has 1 aliphatic carbocycles. The zero-order chi connectivity index (χ0) is 14.3. The van der Waals surface area contributed by atoms with Crippen LogP contribution in [0.4, 0.5) is 0 Å². The van der Waals surface area contributed by atoms with Gasteiger partial charge in [-0.1, -0.05) is 29.8 Å². The van der Waals surface area contributed by atoms with E-state index in [0.29, 0.717) is 17.1 Å². The smallest absolute Gasteiger partial charge is 0.335 e. The number of carboxylic acid groups (broad SMARTS) is 1. The molecule has 0 amide bonds. The standard InChI is InChI=1S/C16H14ClNO2/c17-14-3-1-2-11-10(6-7-18)13-8-9(16(19)20)4-5-12(13)15(11)14/h1-5,8,10H,6-7,18H2,(H,19,20). The molecule has 3 N–H and O–H groups in total. The fourth-order valence-corrected chi connectivity index (χ4v) is 3.26. The average molecular weight is 288 g/mol. The van der Waals surface area contributed by atoms with Crippen LogP contribution in [0.3, 0.4) is 0 Å². The lowest BCUT2D eigenvalue weighted by Crippen LogP contribution is -2.07. The van der Waals surface area contributed by atoms with Gasteiger partial charge in [-0.05, 0) is 47.9 Å². The van der Waals surface area contributed by atoms with Gasteiger partial charge < -0.3 is 10.8 Å². The summed E-state index contributed by atoms with van der Waals surface area (Å²) in [4.78, 5) is 11.2. The van der Waals surface area contributed by atoms with Crippen LogP contribution >= 0.6 is 11.6 Å². The molecule has 102 valence electrons. The van der Waals surface area contributed by atoms with Crippen LogP contribution in [0.1, 0.15) is 33.8 Å². The van der Waals surface area contributed by atoms with Gasteiger partial charge >= 0.3 is 5.97 Å². The zero-order valence-corrected chi connectivity index (χ0v) is 11.5. The van der Waals surface area contributed by atoms with Crippen molar-refractivity contribution in [3.63, 3.8) is 0 Å². The van der Waals surface area contributed by atoms with E-state index in [1.807, 2.05) is 24.3 Å². The van der Waals surface area contributed by atoms with E-state index >= 15 is 0 Å². The topological polar surface area (TPSA) is 63.3 Å². The van der Waals surface area contributed by atoms with Gasteiger partial charge in [0.15, 0.2) is 0 Å². The second-order valence-corrected chi connectivity index (χ2v) is 5.35. The Morgan fingerprint density at radius 2 is 2.05 bits per heavy atom. The molecule has 3 nitrogen and oxygen atoms in total. The van der Waals surface area contributed by atoms with Crippen LogP contribution in [0, 0.1) is 0 Å². The Kier molecular flexibility index (Phi) is 3.24. The third-order valence-electron chi connectivity index (χ3n) is 3.82. The molecule has 0 heterocycles. The van der Waals surface area contributed by atoms with Gasteiger partial charge in [-0.15, -0.1) is 0 Å². The summed E-state index contributed by atoms with van der Waals surface area (Å²) in [5.74, 6) is -0.788. The summed E-state index contributed by atoms with van der Waals surface area (Å²) in [6, 6.07) is 11.0. The second kappa shape index (κ2) is 4.93. The third kappa shape index (κ3) is 1.90. The van der Waals surface area contributed by atoms with Crippen LogP contribution in [0.5, 0.6) is 0 Å². The van der Waals surface area contributed by atoms with Crippen LogP contribution in [0.15, 0.2) is 36.4 Å². The number of halogens is 1. The molecule has 0 spiro atoms. The van der Waals surface area contributed by atoms with E-state index in [1.165, 1.54) is 0 Å². The average Bonchev–Trinajstić information content (AvgIpc) is 2.74. The first-order chi connectivity index (χ1) is 9.63. The van der Waals surface area contributed by atoms with Gasteiger partial charge in [0.2, 0.25) is 0 Å². The van der Waals surface area contributed by atoms with E-state index in [-0.39, 0.29) is 5.92 Å². The van der Waals surface area contributed by atoms with Gasteiger partial charge in [0.25, 0.3) is 0 Å². The number of carboxylic acids is 1. The highest BCUT2D eigenvalue weighted by atomic mass is 35.5. The Balaban J connectivity index is 2.24. The maximum Gasteiger partial charge on any atom is 0.335 e. The van der Waals surface area contributed by atoms with E-state index < -0.39 is 5.97 Å². The molecule has 0 saturated heterocycles. The molecule has 4 heteroatoms. The van der Waals surface area contributed by atoms with Crippen molar-refractivity contribution in [1.29, 1.82) is 0 Å². The minimum absolute atomic E-state index is 0.128. The lowest BCUT2D eigenvalue weighted by molar-refractivity contribution is 0.0697. The molecule has 0 saturated carbocycles. The maximum absolute atomic E-state index is 11.2. The third-order valence-corrected chi connectivity index (χ3v) is 4.13. The van der Waals surface area contributed by atoms with Gasteiger partial charge in [-0.2, -0.15) is 0 Å². The Labute approximate surface area is 122 Å². The van der Waals surface area contributed by atoms with Gasteiger partial charge in [0.1, 0.15) is 0 Å². The molecule has 0 fully saturated rings. The van der Waals surface area contributed by atoms with E-state index in [4.69, 9.17) is 22.4 Å². The summed E-state index contributed by atoms with van der Waals surface area (Å²) in [5, 5.41) is 9.85. The fourth-order valence-electron chi connectivity index (χ4n) is 2.97. The lowest BCUT2D eigenvalue weighted by atomic mass is 9.93. The van der Waals surface area contributed by atoms with Crippen LogP contribution in [-0.2, 0) is 0 Å². The van der Waals surface area contributed by atoms with Crippen molar-refractivity contribution in [2.24, 2.45) is 5.73 Å². The highest BCUT2D eigenvalue weighted by molar-refractivity contribution is 6.33. The van der Waals surface area contributed by atoms with Gasteiger partial charge in [0, 0.05) is 16.5 Å². The van der Waals surface area contributed by atoms with Crippen LogP contribution in [0.25, 0.3) is 11.1 Å². The molecular formula is C16H14ClNO2. The van der Waals surface area contributed by atoms with E-state index in [1.54, 1.807) is 12.1 Å². The number of hydrogen-bond acceptors (Lipinski definition) is 2. The van der Waals surface area contributed by atoms with Crippen LogP contribution in [-0.4, -0.2) is 17.6 Å². The minimum atomic E-state index is -0.915. The summed E-state index contributed by atoms with van der Waals surface area (Å²) in [7, 11) is 0. The van der Waals surface area contributed by atoms with E-state index in [9.17, 15) is 4.79 Å². The predicted molar refractivity (Wildman–Crippen MR) is 79.4 cm³/mol. The number of hydrogen-bond donors (Lipinski definition) is 2. The maximum atomic E-state index is 11.2. The molecular weight excluding hydrogens is 274 g/mol. The van der Waals surface area contributed by atoms with Crippen LogP contribution < -0.4 is 5.73 Å². The Morgan fingerprint density at radius 3 is 2.75 bits per heavy atom. The molecule has 0 bridgehead atoms. The summed E-state index contributed by atoms with van der Waals surface area (Å²) < 4.78 is 0. The van der Waals surface area contributed by atoms with Crippen LogP contribution in [0.2, 0.25) is 5.02 Å². The summed E-state index contributed by atoms with van der Waals surface area (Å²) >= 11 is 6.32. The first-order valence-corrected chi connectivity index (χ1v) is 6.87. The highest BCUT2D eigenvalue weighted by Gasteiger charge is 2.30. The van der Waals surface area contributed by atoms with Gasteiger partial charge in [-0.3, -0.25) is 0 Å². The molecule has 2 aromatic rings. The second-order valence-electron chi connectivity index (χ2n) is 4.94. The van der Waals surface area contributed by atoms with Crippen molar-refractivity contribution in [3.8, 4) is 11.1 Å². The van der Waals surface area contributed by atoms with Gasteiger partial charge in [0.05, 0.1) is 5.56 Å². The normalized spacial score (nSPS) is 15.8. The number of rotatable bonds is 3. The number of carbonyl (C=O) groups is 1. The van der Waals surface area contributed by atoms with E-state index in [0.717, 1.165) is 28.7 Å². The minimum Gasteiger partial charge on any atom is -0.478 e. The van der Waals surface area contributed by atoms with Crippen molar-refractivity contribution in [1.82, 2.24) is 0 Å². The summed E-state index contributed by atoms with van der Waals surface area (Å²) in [6.07, 6.45) is 0.781. The number of fused-ring (bicyclic) bond motifs is 3. The first kappa shape index (κ1) is 13.2. The summed E-state index contributed by atoms with van der Waals surface area (Å²) in [6.45, 7) is 0.549. The fraction of sp³-hybridized carbons (Fsp3) is 0.188. The zero-order valence-electron chi connectivity index (χ0n) is 10.8. The molecule has 1 unspecified atom stereocenters. The van der Waals surface area contributed by atoms with Gasteiger partial charge in [-0.25, -0.2) is 4.79 Å². The van der Waals surface area contributed by atoms with Crippen molar-refractivity contribution in [2.75, 3.05) is 6.54 Å². The molecule has 2 aromatic carbocycles. The monoisotopic (exact) mass is 287 g/mol. The largest absolute Gasteiger partial charge is 0.478 e. The Hall–Kier alpha value is -1.84. The molecule has 20 heavy (non-hydrogen) atoms. The molecule has 1 atom stereocenters. The number of nitrogens with two attached hydrogens (primary N) is 1. The van der Waals surface area contributed by atoms with Crippen molar-refractivity contribution < 1.29 is 9.90 Å². The SMILES string of the molecule is NCCC1c2cc(C(=O)O)ccc2-c2c(Cl)cccc21. The number of benzene rings is 2. The van der Waals surface area contributed by atoms with E-state index in [2.05, 4.69) is 0 Å². The first-order valence-electron chi connectivity index (χ1n) is 6.49. The van der Waals surface area contributed by atoms with Crippen molar-refractivity contribution >= 4 is 17.6 Å². The quantitative estimate of drug-likeness (QED) is 0.908. The molecule has 0 aliphatic heterocycles. The Bertz CT molecular complexity index is 697. The summed E-state index contributed by atoms with van der Waals surface area (Å²) in [5.41, 5.74) is 10.2. The lowest BCUT2D eigenvalue weighted by Gasteiger charge is -2.12. The van der Waals surface area contributed by atoms with Crippen molar-refractivity contribution in [3.05, 3.63) is 58.1 Å². The molecule has 3 rings (SSSR count). The molecule has 0 radical (unpaired) electrons. The van der Waals surface area contributed by atoms with Crippen molar-refractivity contribution in [2.45, 2.75) is 12.3 Å². The predicted octanol–water partition coefficient (Wildman–Crippen LogP) is 3.50. The number of aromatic carboxylic acids is 1. The molecule has 0 aromatic heterocycles.